The summed E-state index contributed by atoms with van der Waals surface area (Å²) in [7, 11) is 0. The zero-order valence-corrected chi connectivity index (χ0v) is 22.9. The zero-order valence-electron chi connectivity index (χ0n) is 22.9. The van der Waals surface area contributed by atoms with Crippen molar-refractivity contribution in [3.05, 3.63) is 52.1 Å². The lowest BCUT2D eigenvalue weighted by molar-refractivity contribution is 0.0928. The van der Waals surface area contributed by atoms with Crippen LogP contribution in [0.2, 0.25) is 0 Å². The van der Waals surface area contributed by atoms with Crippen molar-refractivity contribution >= 4 is 17.1 Å². The number of fused-ring (bicyclic) bond motifs is 1. The number of imidazole rings is 1. The van der Waals surface area contributed by atoms with Crippen LogP contribution in [0.3, 0.4) is 0 Å². The second-order valence-corrected chi connectivity index (χ2v) is 11.6. The molecule has 1 aromatic carbocycles. The van der Waals surface area contributed by atoms with Crippen LogP contribution in [-0.2, 0) is 11.3 Å². The molecule has 0 radical (unpaired) electrons. The number of morpholine rings is 1. The third kappa shape index (κ3) is 4.93. The van der Waals surface area contributed by atoms with Gasteiger partial charge in [0, 0.05) is 19.0 Å². The fourth-order valence-electron chi connectivity index (χ4n) is 6.96. The predicted octanol–water partition coefficient (Wildman–Crippen LogP) is 5.38. The van der Waals surface area contributed by atoms with Crippen LogP contribution in [0, 0.1) is 5.92 Å². The molecule has 10 nitrogen and oxygen atoms in total. The van der Waals surface area contributed by atoms with Crippen molar-refractivity contribution in [2.75, 3.05) is 24.7 Å². The average molecular weight is 544 g/mol. The molecule has 0 spiro atoms. The number of nitrogens with one attached hydrogen (secondary N) is 1. The smallest absolute Gasteiger partial charge is 0.377 e. The highest BCUT2D eigenvalue weighted by Gasteiger charge is 2.33. The largest absolute Gasteiger partial charge is 0.439 e. The Kier molecular flexibility index (Phi) is 7.09. The third-order valence-electron chi connectivity index (χ3n) is 8.99. The van der Waals surface area contributed by atoms with E-state index >= 15 is 0 Å². The summed E-state index contributed by atoms with van der Waals surface area (Å²) in [6, 6.07) is 10.6. The minimum atomic E-state index is -0.611. The number of ether oxygens (including phenoxy) is 1. The maximum atomic E-state index is 11.8. The van der Waals surface area contributed by atoms with Crippen molar-refractivity contribution in [2.45, 2.75) is 82.7 Å². The number of aromatic amines is 1. The van der Waals surface area contributed by atoms with E-state index in [1.807, 2.05) is 0 Å². The molecular formula is C30H37N7O3. The van der Waals surface area contributed by atoms with Gasteiger partial charge in [0.25, 0.3) is 0 Å². The Bertz CT molecular complexity index is 1500. The van der Waals surface area contributed by atoms with Crippen molar-refractivity contribution in [2.24, 2.45) is 5.92 Å². The summed E-state index contributed by atoms with van der Waals surface area (Å²) in [4.78, 5) is 32.1. The number of hydrogen-bond acceptors (Lipinski definition) is 8. The maximum Gasteiger partial charge on any atom is 0.439 e. The van der Waals surface area contributed by atoms with Crippen LogP contribution >= 0.6 is 0 Å². The summed E-state index contributed by atoms with van der Waals surface area (Å²) in [6.45, 7) is 2.93. The molecule has 40 heavy (non-hydrogen) atoms. The number of nitrogens with zero attached hydrogens (tertiary/aromatic N) is 6. The maximum absolute atomic E-state index is 11.8. The van der Waals surface area contributed by atoms with Crippen LogP contribution in [0.15, 0.2) is 39.6 Å². The van der Waals surface area contributed by atoms with E-state index in [-0.39, 0.29) is 11.9 Å². The molecule has 3 aromatic heterocycles. The number of rotatable bonds is 6. The standard InChI is InChI=1S/C30H37N7O3/c38-30-34-28(35-40-30)27-31-24(22-14-8-3-9-15-22)25-26(32-27)33-29(37(25)18-20-10-4-1-5-11-20)36-16-17-39-19-23(36)21-12-6-2-7-13-21/h2,6-7,12-13,20,22-23H,1,3-5,8-11,14-19H2,(H,34,35,38)/t23-/m0/s1. The van der Waals surface area contributed by atoms with Gasteiger partial charge in [0.05, 0.1) is 24.9 Å². The van der Waals surface area contributed by atoms with Gasteiger partial charge in [0.2, 0.25) is 17.6 Å². The molecule has 210 valence electrons. The second-order valence-electron chi connectivity index (χ2n) is 11.6. The number of anilines is 1. The summed E-state index contributed by atoms with van der Waals surface area (Å²) in [5.41, 5.74) is 3.96. The minimum Gasteiger partial charge on any atom is -0.377 e. The molecular weight excluding hydrogens is 506 g/mol. The average Bonchev–Trinajstić information content (AvgIpc) is 3.61. The van der Waals surface area contributed by atoms with Gasteiger partial charge in [-0.25, -0.2) is 14.8 Å². The fraction of sp³-hybridized carbons (Fsp3) is 0.567. The van der Waals surface area contributed by atoms with Crippen LogP contribution in [0.5, 0.6) is 0 Å². The SMILES string of the molecule is O=c1[nH]c(-c2nc(C3CCCCC3)c3c(n2)nc(N2CCOC[C@H]2c2ccccc2)n3CC2CCCCC2)no1. The van der Waals surface area contributed by atoms with E-state index in [0.717, 1.165) is 43.1 Å². The van der Waals surface area contributed by atoms with Crippen molar-refractivity contribution in [1.29, 1.82) is 0 Å². The molecule has 1 atom stereocenters. The molecule has 3 fully saturated rings. The lowest BCUT2D eigenvalue weighted by Gasteiger charge is -2.37. The number of aromatic nitrogens is 6. The van der Waals surface area contributed by atoms with Gasteiger partial charge in [-0.1, -0.05) is 74.0 Å². The van der Waals surface area contributed by atoms with E-state index in [1.54, 1.807) is 0 Å². The molecule has 10 heteroatoms. The normalized spacial score (nSPS) is 21.3. The number of H-pyrrole nitrogens is 1. The summed E-state index contributed by atoms with van der Waals surface area (Å²) in [6.07, 6.45) is 12.2. The van der Waals surface area contributed by atoms with Gasteiger partial charge in [-0.05, 0) is 37.2 Å². The van der Waals surface area contributed by atoms with Gasteiger partial charge in [0.15, 0.2) is 5.65 Å². The van der Waals surface area contributed by atoms with Crippen LogP contribution < -0.4 is 10.7 Å². The number of hydrogen-bond donors (Lipinski definition) is 1. The first kappa shape index (κ1) is 25.4. The molecule has 0 unspecified atom stereocenters. The van der Waals surface area contributed by atoms with E-state index in [0.29, 0.717) is 36.5 Å². The first-order valence-corrected chi connectivity index (χ1v) is 15.0. The molecule has 2 saturated carbocycles. The van der Waals surface area contributed by atoms with E-state index < -0.39 is 5.76 Å². The fourth-order valence-corrected chi connectivity index (χ4v) is 6.96. The van der Waals surface area contributed by atoms with Crippen molar-refractivity contribution in [3.8, 4) is 11.6 Å². The topological polar surface area (TPSA) is 115 Å². The molecule has 2 aliphatic carbocycles. The first-order chi connectivity index (χ1) is 19.7. The van der Waals surface area contributed by atoms with E-state index in [4.69, 9.17) is 24.2 Å². The number of benzene rings is 1. The van der Waals surface area contributed by atoms with E-state index in [2.05, 4.69) is 49.9 Å². The summed E-state index contributed by atoms with van der Waals surface area (Å²) in [5.74, 6) is 1.87. The van der Waals surface area contributed by atoms with Crippen molar-refractivity contribution < 1.29 is 9.26 Å². The van der Waals surface area contributed by atoms with E-state index in [1.165, 1.54) is 56.9 Å². The molecule has 1 aliphatic heterocycles. The van der Waals surface area contributed by atoms with Gasteiger partial charge < -0.3 is 14.2 Å². The van der Waals surface area contributed by atoms with Gasteiger partial charge in [-0.3, -0.25) is 9.51 Å². The van der Waals surface area contributed by atoms with Gasteiger partial charge in [-0.2, -0.15) is 4.98 Å². The molecule has 7 rings (SSSR count). The van der Waals surface area contributed by atoms with Crippen LogP contribution in [0.25, 0.3) is 22.8 Å². The Labute approximate surface area is 233 Å². The monoisotopic (exact) mass is 543 g/mol. The highest BCUT2D eigenvalue weighted by atomic mass is 16.5. The lowest BCUT2D eigenvalue weighted by Crippen LogP contribution is -2.41. The highest BCUT2D eigenvalue weighted by molar-refractivity contribution is 5.80. The summed E-state index contributed by atoms with van der Waals surface area (Å²) < 4.78 is 13.2. The Morgan fingerprint density at radius 1 is 0.925 bits per heavy atom. The lowest BCUT2D eigenvalue weighted by atomic mass is 9.86. The Balaban J connectivity index is 1.42. The molecule has 0 bridgehead atoms. The van der Waals surface area contributed by atoms with Gasteiger partial charge >= 0.3 is 5.76 Å². The van der Waals surface area contributed by atoms with Crippen LogP contribution in [0.4, 0.5) is 5.95 Å². The predicted molar refractivity (Wildman–Crippen MR) is 151 cm³/mol. The molecule has 3 aliphatic rings. The van der Waals surface area contributed by atoms with Crippen LogP contribution in [0.1, 0.15) is 87.4 Å². The molecule has 1 saturated heterocycles. The quantitative estimate of drug-likeness (QED) is 0.345. The molecule has 1 N–H and O–H groups in total. The molecule has 4 heterocycles. The minimum absolute atomic E-state index is 0.0642. The van der Waals surface area contributed by atoms with Crippen molar-refractivity contribution in [1.82, 2.24) is 29.7 Å². The van der Waals surface area contributed by atoms with Crippen molar-refractivity contribution in [3.63, 3.8) is 0 Å². The van der Waals surface area contributed by atoms with E-state index in [9.17, 15) is 4.79 Å². The Hall–Kier alpha value is -3.53. The Morgan fingerprint density at radius 3 is 2.45 bits per heavy atom. The van der Waals surface area contributed by atoms with Gasteiger partial charge in [0.1, 0.15) is 5.52 Å². The van der Waals surface area contributed by atoms with Gasteiger partial charge in [-0.15, -0.1) is 0 Å². The van der Waals surface area contributed by atoms with Crippen LogP contribution in [-0.4, -0.2) is 49.4 Å². The zero-order chi connectivity index (χ0) is 26.9. The molecule has 4 aromatic rings. The Morgan fingerprint density at radius 2 is 1.70 bits per heavy atom. The second kappa shape index (κ2) is 11.2. The summed E-state index contributed by atoms with van der Waals surface area (Å²) in [5, 5.41) is 3.91. The first-order valence-electron chi connectivity index (χ1n) is 15.0. The third-order valence-corrected chi connectivity index (χ3v) is 8.99. The summed E-state index contributed by atoms with van der Waals surface area (Å²) >= 11 is 0. The highest BCUT2D eigenvalue weighted by Crippen LogP contribution is 2.40. The molecule has 0 amide bonds.